The molecule has 1 unspecified atom stereocenters. The number of alkyl halides is 3. The molecule has 0 spiro atoms. The van der Waals surface area contributed by atoms with Gasteiger partial charge in [0.25, 0.3) is 0 Å². The van der Waals surface area contributed by atoms with Crippen LogP contribution < -0.4 is 10.2 Å². The van der Waals surface area contributed by atoms with Crippen LogP contribution in [-0.2, 0) is 21.2 Å². The third-order valence-electron chi connectivity index (χ3n) is 8.40. The Hall–Kier alpha value is -3.95. The number of nitrogens with one attached hydrogen (secondary N) is 1. The molecule has 2 aromatic carbocycles. The fraction of sp³-hybridized carbons (Fsp3) is 0.419. The summed E-state index contributed by atoms with van der Waals surface area (Å²) in [6.07, 6.45) is -1.39. The second-order valence-corrected chi connectivity index (χ2v) is 10.9. The molecular formula is C31H34F3N5O2. The Bertz CT molecular complexity index is 1340. The largest absolute Gasteiger partial charge is 0.433 e. The molecule has 0 aliphatic carbocycles. The molecule has 1 aromatic heterocycles. The molecular weight excluding hydrogens is 531 g/mol. The Morgan fingerprint density at radius 3 is 2.15 bits per heavy atom. The molecule has 7 nitrogen and oxygen atoms in total. The molecule has 10 heteroatoms. The quantitative estimate of drug-likeness (QED) is 0.448. The van der Waals surface area contributed by atoms with Gasteiger partial charge in [0.05, 0.1) is 11.5 Å². The van der Waals surface area contributed by atoms with Crippen LogP contribution in [0.1, 0.15) is 55.5 Å². The minimum Gasteiger partial charge on any atom is -0.349 e. The number of halogens is 3. The van der Waals surface area contributed by atoms with Crippen LogP contribution in [-0.4, -0.2) is 52.9 Å². The van der Waals surface area contributed by atoms with Crippen molar-refractivity contribution >= 4 is 17.8 Å². The predicted molar refractivity (Wildman–Crippen MR) is 149 cm³/mol. The lowest BCUT2D eigenvalue weighted by molar-refractivity contribution is -0.141. The van der Waals surface area contributed by atoms with Gasteiger partial charge in [-0.2, -0.15) is 13.2 Å². The summed E-state index contributed by atoms with van der Waals surface area (Å²) in [6, 6.07) is 20.3. The van der Waals surface area contributed by atoms with Gasteiger partial charge in [-0.25, -0.2) is 9.97 Å². The van der Waals surface area contributed by atoms with Gasteiger partial charge in [-0.15, -0.1) is 0 Å². The highest BCUT2D eigenvalue weighted by molar-refractivity contribution is 5.89. The van der Waals surface area contributed by atoms with Crippen molar-refractivity contribution in [2.24, 2.45) is 5.92 Å². The number of anilines is 1. The first kappa shape index (κ1) is 28.6. The van der Waals surface area contributed by atoms with Crippen molar-refractivity contribution in [3.63, 3.8) is 0 Å². The maximum atomic E-state index is 13.8. The van der Waals surface area contributed by atoms with Crippen molar-refractivity contribution in [2.45, 2.75) is 50.2 Å². The Kier molecular flexibility index (Phi) is 8.28. The average molecular weight is 566 g/mol. The van der Waals surface area contributed by atoms with Crippen LogP contribution in [0.25, 0.3) is 0 Å². The minimum atomic E-state index is -4.54. The molecule has 1 atom stereocenters. The van der Waals surface area contributed by atoms with Gasteiger partial charge in [0.1, 0.15) is 5.69 Å². The molecule has 2 aliphatic heterocycles. The van der Waals surface area contributed by atoms with Crippen molar-refractivity contribution in [2.75, 3.05) is 31.1 Å². The summed E-state index contributed by atoms with van der Waals surface area (Å²) in [4.78, 5) is 38.6. The Balaban J connectivity index is 1.23. The van der Waals surface area contributed by atoms with Gasteiger partial charge in [-0.05, 0) is 49.8 Å². The summed E-state index contributed by atoms with van der Waals surface area (Å²) in [5.74, 6) is -0.198. The molecule has 2 aliphatic rings. The maximum Gasteiger partial charge on any atom is 0.433 e. The van der Waals surface area contributed by atoms with E-state index < -0.39 is 17.3 Å². The van der Waals surface area contributed by atoms with E-state index in [1.807, 2.05) is 72.5 Å². The lowest BCUT2D eigenvalue weighted by atomic mass is 9.71. The average Bonchev–Trinajstić information content (AvgIpc) is 3.01. The number of aromatic nitrogens is 2. The standard InChI is InChI=1S/C31H34F3N5O2/c1-22(23-8-4-2-5-9-23)36-28(41)30(25-10-6-3-7-11-25)15-20-38(21-16-30)27(40)24-13-18-39(19-14-24)29-35-17-12-26(37-29)31(32,33)34/h2-12,17,22,24H,13-16,18-21H2,1H3,(H,36,41). The van der Waals surface area contributed by atoms with E-state index in [-0.39, 0.29) is 29.7 Å². The molecule has 2 fully saturated rings. The van der Waals surface area contributed by atoms with E-state index in [4.69, 9.17) is 0 Å². The summed E-state index contributed by atoms with van der Waals surface area (Å²) < 4.78 is 39.2. The summed E-state index contributed by atoms with van der Waals surface area (Å²) in [5, 5.41) is 3.22. The highest BCUT2D eigenvalue weighted by Crippen LogP contribution is 2.38. The summed E-state index contributed by atoms with van der Waals surface area (Å²) >= 11 is 0. The lowest BCUT2D eigenvalue weighted by Gasteiger charge is -2.43. The topological polar surface area (TPSA) is 78.4 Å². The van der Waals surface area contributed by atoms with E-state index in [1.54, 1.807) is 4.90 Å². The Morgan fingerprint density at radius 2 is 1.54 bits per heavy atom. The molecule has 0 saturated carbocycles. The van der Waals surface area contributed by atoms with Gasteiger partial charge >= 0.3 is 6.18 Å². The number of hydrogen-bond donors (Lipinski definition) is 1. The summed E-state index contributed by atoms with van der Waals surface area (Å²) in [7, 11) is 0. The normalized spacial score (nSPS) is 18.5. The van der Waals surface area contributed by atoms with Gasteiger partial charge in [0, 0.05) is 38.3 Å². The van der Waals surface area contributed by atoms with Gasteiger partial charge in [0.2, 0.25) is 17.8 Å². The number of nitrogens with zero attached hydrogens (tertiary/aromatic N) is 4. The number of benzene rings is 2. The third-order valence-corrected chi connectivity index (χ3v) is 8.40. The number of rotatable bonds is 6. The van der Waals surface area contributed by atoms with Crippen LogP contribution in [0.3, 0.4) is 0 Å². The monoisotopic (exact) mass is 565 g/mol. The number of piperidine rings is 2. The van der Waals surface area contributed by atoms with Crippen LogP contribution in [0.15, 0.2) is 72.9 Å². The zero-order valence-electron chi connectivity index (χ0n) is 23.0. The molecule has 2 amide bonds. The fourth-order valence-electron chi connectivity index (χ4n) is 5.92. The molecule has 3 heterocycles. The zero-order chi connectivity index (χ0) is 29.0. The van der Waals surface area contributed by atoms with Crippen molar-refractivity contribution in [3.05, 3.63) is 89.7 Å². The Labute approximate surface area is 237 Å². The second-order valence-electron chi connectivity index (χ2n) is 10.9. The van der Waals surface area contributed by atoms with Gasteiger partial charge < -0.3 is 15.1 Å². The number of carbonyl (C=O) groups is 2. The highest BCUT2D eigenvalue weighted by Gasteiger charge is 2.45. The minimum absolute atomic E-state index is 0.0343. The van der Waals surface area contributed by atoms with E-state index >= 15 is 0 Å². The molecule has 1 N–H and O–H groups in total. The van der Waals surface area contributed by atoms with Gasteiger partial charge in [-0.1, -0.05) is 60.7 Å². The molecule has 5 rings (SSSR count). The molecule has 0 radical (unpaired) electrons. The molecule has 216 valence electrons. The van der Waals surface area contributed by atoms with E-state index in [1.165, 1.54) is 0 Å². The van der Waals surface area contributed by atoms with Crippen LogP contribution >= 0.6 is 0 Å². The Morgan fingerprint density at radius 1 is 0.927 bits per heavy atom. The lowest BCUT2D eigenvalue weighted by Crippen LogP contribution is -2.54. The van der Waals surface area contributed by atoms with Gasteiger partial charge in [0.15, 0.2) is 0 Å². The van der Waals surface area contributed by atoms with E-state index in [0.29, 0.717) is 51.9 Å². The first-order valence-electron chi connectivity index (χ1n) is 14.0. The first-order chi connectivity index (χ1) is 19.7. The fourth-order valence-corrected chi connectivity index (χ4v) is 5.92. The van der Waals surface area contributed by atoms with Crippen LogP contribution in [0, 0.1) is 5.92 Å². The maximum absolute atomic E-state index is 13.8. The highest BCUT2D eigenvalue weighted by atomic mass is 19.4. The van der Waals surface area contributed by atoms with Crippen molar-refractivity contribution in [1.29, 1.82) is 0 Å². The van der Waals surface area contributed by atoms with Crippen LogP contribution in [0.5, 0.6) is 0 Å². The van der Waals surface area contributed by atoms with Crippen molar-refractivity contribution in [1.82, 2.24) is 20.2 Å². The molecule has 41 heavy (non-hydrogen) atoms. The van der Waals surface area contributed by atoms with E-state index in [9.17, 15) is 22.8 Å². The van der Waals surface area contributed by atoms with Crippen molar-refractivity contribution in [3.8, 4) is 0 Å². The number of carbonyl (C=O) groups excluding carboxylic acids is 2. The predicted octanol–water partition coefficient (Wildman–Crippen LogP) is 5.15. The van der Waals surface area contributed by atoms with Crippen LogP contribution in [0.2, 0.25) is 0 Å². The van der Waals surface area contributed by atoms with E-state index in [0.717, 1.165) is 23.4 Å². The molecule has 2 saturated heterocycles. The van der Waals surface area contributed by atoms with Crippen LogP contribution in [0.4, 0.5) is 19.1 Å². The summed E-state index contributed by atoms with van der Waals surface area (Å²) in [6.45, 7) is 3.69. The second kappa shape index (κ2) is 11.9. The zero-order valence-corrected chi connectivity index (χ0v) is 23.0. The van der Waals surface area contributed by atoms with Gasteiger partial charge in [-0.3, -0.25) is 9.59 Å². The number of amides is 2. The van der Waals surface area contributed by atoms with Crippen molar-refractivity contribution < 1.29 is 22.8 Å². The number of likely N-dealkylation sites (tertiary alicyclic amines) is 1. The smallest absolute Gasteiger partial charge is 0.349 e. The number of hydrogen-bond acceptors (Lipinski definition) is 5. The first-order valence-corrected chi connectivity index (χ1v) is 14.0. The third kappa shape index (κ3) is 6.21. The molecule has 3 aromatic rings. The molecule has 0 bridgehead atoms. The SMILES string of the molecule is CC(NC(=O)C1(c2ccccc2)CCN(C(=O)C2CCN(c3nccc(C(F)(F)F)n3)CC2)CC1)c1ccccc1. The summed E-state index contributed by atoms with van der Waals surface area (Å²) in [5.41, 5.74) is 0.251. The van der Waals surface area contributed by atoms with E-state index in [2.05, 4.69) is 15.3 Å².